The fourth-order valence-electron chi connectivity index (χ4n) is 2.50. The zero-order valence-corrected chi connectivity index (χ0v) is 12.2. The van der Waals surface area contributed by atoms with Gasteiger partial charge in [-0.2, -0.15) is 0 Å². The van der Waals surface area contributed by atoms with Crippen LogP contribution in [-0.4, -0.2) is 42.9 Å². The lowest BCUT2D eigenvalue weighted by Gasteiger charge is -2.34. The molecule has 0 radical (unpaired) electrons. The first-order valence-corrected chi connectivity index (χ1v) is 6.91. The van der Waals surface area contributed by atoms with Crippen molar-refractivity contribution < 1.29 is 23.8 Å². The van der Waals surface area contributed by atoms with Crippen molar-refractivity contribution in [2.24, 2.45) is 0 Å². The van der Waals surface area contributed by atoms with Crippen molar-refractivity contribution >= 4 is 12.1 Å². The highest BCUT2D eigenvalue weighted by Crippen LogP contribution is 2.32. The summed E-state index contributed by atoms with van der Waals surface area (Å²) in [6.07, 6.45) is 0.439. The third-order valence-electron chi connectivity index (χ3n) is 3.39. The molecule has 0 N–H and O–H groups in total. The van der Waals surface area contributed by atoms with Gasteiger partial charge in [0.1, 0.15) is 5.75 Å². The van der Waals surface area contributed by atoms with E-state index in [0.717, 1.165) is 0 Å². The van der Waals surface area contributed by atoms with Crippen LogP contribution in [-0.2, 0) is 14.3 Å². The molecule has 1 aliphatic rings. The Morgan fingerprint density at radius 3 is 2.62 bits per heavy atom. The summed E-state index contributed by atoms with van der Waals surface area (Å²) in [5.41, 5.74) is -1.38. The van der Waals surface area contributed by atoms with Crippen molar-refractivity contribution in [3.05, 3.63) is 30.3 Å². The fraction of sp³-hybridized carbons (Fsp3) is 0.467. The second-order valence-corrected chi connectivity index (χ2v) is 4.65. The van der Waals surface area contributed by atoms with E-state index in [2.05, 4.69) is 0 Å². The number of esters is 1. The highest BCUT2D eigenvalue weighted by Gasteiger charge is 2.53. The number of carbonyl (C=O) groups excluding carboxylic acids is 2. The van der Waals surface area contributed by atoms with Gasteiger partial charge in [0.25, 0.3) is 0 Å². The van der Waals surface area contributed by atoms with Crippen molar-refractivity contribution in [1.82, 2.24) is 4.90 Å². The maximum Gasteiger partial charge on any atom is 0.417 e. The first kappa shape index (κ1) is 15.3. The zero-order chi connectivity index (χ0) is 15.3. The van der Waals surface area contributed by atoms with E-state index < -0.39 is 17.8 Å². The molecule has 6 heteroatoms. The summed E-state index contributed by atoms with van der Waals surface area (Å²) in [5, 5.41) is 0. The van der Waals surface area contributed by atoms with Crippen LogP contribution in [0.25, 0.3) is 0 Å². The van der Waals surface area contributed by atoms with Crippen LogP contribution >= 0.6 is 0 Å². The van der Waals surface area contributed by atoms with Gasteiger partial charge in [0, 0.05) is 19.6 Å². The molecule has 114 valence electrons. The molecule has 0 aliphatic carbocycles. The number of hydrogen-bond acceptors (Lipinski definition) is 5. The number of hydrogen-bond donors (Lipinski definition) is 0. The van der Waals surface area contributed by atoms with Gasteiger partial charge in [0.2, 0.25) is 5.72 Å². The van der Waals surface area contributed by atoms with Gasteiger partial charge in [-0.05, 0) is 25.5 Å². The second kappa shape index (κ2) is 6.58. The van der Waals surface area contributed by atoms with Crippen LogP contribution in [0, 0.1) is 0 Å². The van der Waals surface area contributed by atoms with E-state index in [1.165, 1.54) is 12.0 Å². The summed E-state index contributed by atoms with van der Waals surface area (Å²) in [7, 11) is 1.28. The molecule has 1 aliphatic heterocycles. The summed E-state index contributed by atoms with van der Waals surface area (Å²) in [5.74, 6) is -0.156. The van der Waals surface area contributed by atoms with Gasteiger partial charge in [-0.15, -0.1) is 0 Å². The summed E-state index contributed by atoms with van der Waals surface area (Å²) in [4.78, 5) is 25.7. The Hall–Kier alpha value is -2.08. The number of amides is 1. The molecule has 0 saturated carbocycles. The summed E-state index contributed by atoms with van der Waals surface area (Å²) >= 11 is 0. The standard InChI is InChI=1S/C15H19NO5/c1-3-20-15(13(17)19-2)10-7-11-16(15)14(18)21-12-8-5-4-6-9-12/h4-6,8-9H,3,7,10-11H2,1-2H3/t15-/m1/s1. The lowest BCUT2D eigenvalue weighted by Crippen LogP contribution is -2.56. The van der Waals surface area contributed by atoms with E-state index in [9.17, 15) is 9.59 Å². The first-order valence-electron chi connectivity index (χ1n) is 6.91. The topological polar surface area (TPSA) is 65.1 Å². The van der Waals surface area contributed by atoms with Gasteiger partial charge in [-0.3, -0.25) is 4.90 Å². The average Bonchev–Trinajstić information content (AvgIpc) is 2.93. The van der Waals surface area contributed by atoms with Gasteiger partial charge in [0.15, 0.2) is 0 Å². The predicted molar refractivity (Wildman–Crippen MR) is 74.8 cm³/mol. The highest BCUT2D eigenvalue weighted by atomic mass is 16.6. The van der Waals surface area contributed by atoms with Crippen molar-refractivity contribution in [2.45, 2.75) is 25.5 Å². The molecule has 0 bridgehead atoms. The SMILES string of the molecule is CCO[C@@]1(C(=O)OC)CCCN1C(=O)Oc1ccccc1. The van der Waals surface area contributed by atoms with Crippen molar-refractivity contribution in [3.8, 4) is 5.75 Å². The van der Waals surface area contributed by atoms with Crippen LogP contribution in [0.2, 0.25) is 0 Å². The molecule has 1 saturated heterocycles. The maximum absolute atomic E-state index is 12.3. The number of ether oxygens (including phenoxy) is 3. The van der Waals surface area contributed by atoms with E-state index in [-0.39, 0.29) is 0 Å². The van der Waals surface area contributed by atoms with Gasteiger partial charge in [-0.25, -0.2) is 9.59 Å². The van der Waals surface area contributed by atoms with E-state index in [0.29, 0.717) is 31.7 Å². The Labute approximate surface area is 123 Å². The van der Waals surface area contributed by atoms with Gasteiger partial charge >= 0.3 is 12.1 Å². The first-order chi connectivity index (χ1) is 10.1. The summed E-state index contributed by atoms with van der Waals surface area (Å²) in [6, 6.07) is 8.71. The molecule has 6 nitrogen and oxygen atoms in total. The average molecular weight is 293 g/mol. The van der Waals surface area contributed by atoms with Crippen molar-refractivity contribution in [1.29, 1.82) is 0 Å². The second-order valence-electron chi connectivity index (χ2n) is 4.65. The van der Waals surface area contributed by atoms with Crippen molar-refractivity contribution in [3.63, 3.8) is 0 Å². The van der Waals surface area contributed by atoms with Crippen LogP contribution in [0.15, 0.2) is 30.3 Å². The molecule has 1 fully saturated rings. The molecule has 1 aromatic rings. The van der Waals surface area contributed by atoms with Gasteiger partial charge in [0.05, 0.1) is 7.11 Å². The molecule has 0 unspecified atom stereocenters. The Morgan fingerprint density at radius 1 is 1.29 bits per heavy atom. The molecule has 0 spiro atoms. The Balaban J connectivity index is 2.19. The monoisotopic (exact) mass is 293 g/mol. The van der Waals surface area contributed by atoms with E-state index in [4.69, 9.17) is 14.2 Å². The number of likely N-dealkylation sites (tertiary alicyclic amines) is 1. The largest absolute Gasteiger partial charge is 0.465 e. The lowest BCUT2D eigenvalue weighted by atomic mass is 10.1. The van der Waals surface area contributed by atoms with Crippen LogP contribution in [0.4, 0.5) is 4.79 Å². The van der Waals surface area contributed by atoms with E-state index >= 15 is 0 Å². The summed E-state index contributed by atoms with van der Waals surface area (Å²) in [6.45, 7) is 2.45. The predicted octanol–water partition coefficient (Wildman–Crippen LogP) is 2.19. The third kappa shape index (κ3) is 3.00. The van der Waals surface area contributed by atoms with Gasteiger partial charge < -0.3 is 14.2 Å². The molecular weight excluding hydrogens is 274 g/mol. The molecule has 1 atom stereocenters. The third-order valence-corrected chi connectivity index (χ3v) is 3.39. The quantitative estimate of drug-likeness (QED) is 0.796. The van der Waals surface area contributed by atoms with Crippen LogP contribution in [0.3, 0.4) is 0 Å². The lowest BCUT2D eigenvalue weighted by molar-refractivity contribution is -0.187. The Kier molecular flexibility index (Phi) is 4.80. The number of rotatable bonds is 4. The smallest absolute Gasteiger partial charge is 0.417 e. The molecule has 2 rings (SSSR count). The Morgan fingerprint density at radius 2 is 2.00 bits per heavy atom. The van der Waals surface area contributed by atoms with Crippen molar-refractivity contribution in [2.75, 3.05) is 20.3 Å². The minimum atomic E-state index is -1.38. The molecule has 1 amide bonds. The minimum Gasteiger partial charge on any atom is -0.465 e. The molecule has 0 aromatic heterocycles. The van der Waals surface area contributed by atoms with Gasteiger partial charge in [-0.1, -0.05) is 18.2 Å². The fourth-order valence-corrected chi connectivity index (χ4v) is 2.50. The van der Waals surface area contributed by atoms with E-state index in [1.807, 2.05) is 6.07 Å². The molecule has 1 aromatic carbocycles. The maximum atomic E-state index is 12.3. The zero-order valence-electron chi connectivity index (χ0n) is 12.2. The Bertz CT molecular complexity index is 504. The number of benzene rings is 1. The van der Waals surface area contributed by atoms with Crippen LogP contribution < -0.4 is 4.74 Å². The minimum absolute atomic E-state index is 0.296. The molecular formula is C15H19NO5. The number of para-hydroxylation sites is 1. The van der Waals surface area contributed by atoms with Crippen LogP contribution in [0.1, 0.15) is 19.8 Å². The van der Waals surface area contributed by atoms with Crippen LogP contribution in [0.5, 0.6) is 5.75 Å². The molecule has 1 heterocycles. The number of carbonyl (C=O) groups is 2. The summed E-state index contributed by atoms with van der Waals surface area (Å²) < 4.78 is 15.7. The molecule has 21 heavy (non-hydrogen) atoms. The number of methoxy groups -OCH3 is 1. The highest BCUT2D eigenvalue weighted by molar-refractivity contribution is 5.85. The number of nitrogens with zero attached hydrogens (tertiary/aromatic N) is 1. The van der Waals surface area contributed by atoms with E-state index in [1.54, 1.807) is 31.2 Å². The normalized spacial score (nSPS) is 21.1.